The number of nitrogens with zero attached hydrogens (tertiary/aromatic N) is 1. The Kier molecular flexibility index (Phi) is 4.68. The fourth-order valence-electron chi connectivity index (χ4n) is 3.92. The zero-order valence-electron chi connectivity index (χ0n) is 12.8. The molecule has 21 heavy (non-hydrogen) atoms. The lowest BCUT2D eigenvalue weighted by Crippen LogP contribution is -2.64. The van der Waals surface area contributed by atoms with Gasteiger partial charge in [-0.1, -0.05) is 32.8 Å². The third-order valence-corrected chi connectivity index (χ3v) is 6.39. The minimum Gasteiger partial charge on any atom is -0.363 e. The van der Waals surface area contributed by atoms with E-state index in [0.29, 0.717) is 17.5 Å². The second kappa shape index (κ2) is 6.21. The van der Waals surface area contributed by atoms with E-state index in [9.17, 15) is 0 Å². The predicted octanol–water partition coefficient (Wildman–Crippen LogP) is 4.96. The zero-order valence-corrected chi connectivity index (χ0v) is 16.0. The zero-order chi connectivity index (χ0) is 15.0. The number of hydrogen-bond donors (Lipinski definition) is 1. The summed E-state index contributed by atoms with van der Waals surface area (Å²) in [6, 6.07) is 6.95. The van der Waals surface area contributed by atoms with Crippen molar-refractivity contribution in [3.8, 4) is 0 Å². The molecule has 2 nitrogen and oxygen atoms in total. The number of anilines is 1. The van der Waals surface area contributed by atoms with Gasteiger partial charge in [-0.2, -0.15) is 0 Å². The molecule has 0 aromatic heterocycles. The van der Waals surface area contributed by atoms with Crippen LogP contribution in [0.25, 0.3) is 0 Å². The van der Waals surface area contributed by atoms with Crippen LogP contribution in [-0.2, 0) is 0 Å². The first-order valence-corrected chi connectivity index (χ1v) is 9.57. The number of rotatable bonds is 2. The molecule has 1 spiro atoms. The lowest BCUT2D eigenvalue weighted by molar-refractivity contribution is 0.245. The van der Waals surface area contributed by atoms with Gasteiger partial charge in [-0.25, -0.2) is 0 Å². The lowest BCUT2D eigenvalue weighted by atomic mass is 9.88. The standard InChI is InChI=1S/C17H24Br2N2/c1-12(2)15-10-20-17(8-3-4-9-17)11-21(15)16-13(18)6-5-7-14(16)19/h5-7,12,15,20H,3-4,8-11H2,1-2H3. The molecule has 1 aliphatic carbocycles. The molecule has 1 heterocycles. The largest absolute Gasteiger partial charge is 0.363 e. The second-order valence-corrected chi connectivity index (χ2v) is 8.59. The maximum Gasteiger partial charge on any atom is 0.0658 e. The topological polar surface area (TPSA) is 15.3 Å². The molecular weight excluding hydrogens is 392 g/mol. The van der Waals surface area contributed by atoms with Crippen molar-refractivity contribution in [3.63, 3.8) is 0 Å². The highest BCUT2D eigenvalue weighted by Crippen LogP contribution is 2.41. The molecule has 1 aliphatic heterocycles. The molecule has 116 valence electrons. The molecule has 0 radical (unpaired) electrons. The number of nitrogens with one attached hydrogen (secondary N) is 1. The van der Waals surface area contributed by atoms with Crippen LogP contribution in [0.3, 0.4) is 0 Å². The van der Waals surface area contributed by atoms with Crippen LogP contribution in [0.5, 0.6) is 0 Å². The van der Waals surface area contributed by atoms with Gasteiger partial charge in [-0.15, -0.1) is 0 Å². The van der Waals surface area contributed by atoms with Gasteiger partial charge in [0, 0.05) is 33.6 Å². The summed E-state index contributed by atoms with van der Waals surface area (Å²) in [5, 5.41) is 3.89. The van der Waals surface area contributed by atoms with Crippen LogP contribution in [0.1, 0.15) is 39.5 Å². The van der Waals surface area contributed by atoms with E-state index in [1.54, 1.807) is 0 Å². The SMILES string of the molecule is CC(C)C1CNC2(CCCC2)CN1c1c(Br)cccc1Br. The highest BCUT2D eigenvalue weighted by atomic mass is 79.9. The molecule has 0 amide bonds. The smallest absolute Gasteiger partial charge is 0.0658 e. The van der Waals surface area contributed by atoms with E-state index in [0.717, 1.165) is 13.1 Å². The van der Waals surface area contributed by atoms with Crippen molar-refractivity contribution in [2.75, 3.05) is 18.0 Å². The Morgan fingerprint density at radius 3 is 2.38 bits per heavy atom. The van der Waals surface area contributed by atoms with Crippen molar-refractivity contribution in [1.82, 2.24) is 5.32 Å². The van der Waals surface area contributed by atoms with Crippen molar-refractivity contribution in [2.24, 2.45) is 5.92 Å². The van der Waals surface area contributed by atoms with Crippen molar-refractivity contribution < 1.29 is 0 Å². The summed E-state index contributed by atoms with van der Waals surface area (Å²) in [6.07, 6.45) is 5.36. The lowest BCUT2D eigenvalue weighted by Gasteiger charge is -2.49. The van der Waals surface area contributed by atoms with Gasteiger partial charge in [-0.05, 0) is 62.8 Å². The highest BCUT2D eigenvalue weighted by molar-refractivity contribution is 9.11. The van der Waals surface area contributed by atoms with E-state index in [4.69, 9.17) is 0 Å². The molecule has 3 rings (SSSR count). The second-order valence-electron chi connectivity index (χ2n) is 6.88. The predicted molar refractivity (Wildman–Crippen MR) is 97.0 cm³/mol. The van der Waals surface area contributed by atoms with Gasteiger partial charge in [0.25, 0.3) is 0 Å². The summed E-state index contributed by atoms with van der Waals surface area (Å²) in [5.41, 5.74) is 1.66. The summed E-state index contributed by atoms with van der Waals surface area (Å²) < 4.78 is 2.38. The van der Waals surface area contributed by atoms with Gasteiger partial charge in [0.2, 0.25) is 0 Å². The summed E-state index contributed by atoms with van der Waals surface area (Å²) in [5.74, 6) is 0.634. The normalized spacial score (nSPS) is 25.0. The fraction of sp³-hybridized carbons (Fsp3) is 0.647. The molecule has 1 N–H and O–H groups in total. The van der Waals surface area contributed by atoms with Crippen molar-refractivity contribution in [3.05, 3.63) is 27.1 Å². The Balaban J connectivity index is 1.97. The van der Waals surface area contributed by atoms with Gasteiger partial charge in [-0.3, -0.25) is 0 Å². The molecule has 4 heteroatoms. The van der Waals surface area contributed by atoms with Crippen LogP contribution in [0.2, 0.25) is 0 Å². The van der Waals surface area contributed by atoms with Crippen LogP contribution in [0.4, 0.5) is 5.69 Å². The Hall–Kier alpha value is -0.0600. The first-order valence-electron chi connectivity index (χ1n) is 7.98. The number of piperazine rings is 1. The molecule has 1 saturated heterocycles. The van der Waals surface area contributed by atoms with E-state index in [1.807, 2.05) is 0 Å². The Bertz CT molecular complexity index is 489. The summed E-state index contributed by atoms with van der Waals surface area (Å²) in [7, 11) is 0. The van der Waals surface area contributed by atoms with Crippen LogP contribution in [0.15, 0.2) is 27.1 Å². The van der Waals surface area contributed by atoms with Crippen LogP contribution < -0.4 is 10.2 Å². The van der Waals surface area contributed by atoms with E-state index in [1.165, 1.54) is 40.3 Å². The van der Waals surface area contributed by atoms with Crippen LogP contribution in [0, 0.1) is 5.92 Å². The van der Waals surface area contributed by atoms with Gasteiger partial charge in [0.1, 0.15) is 0 Å². The molecule has 1 saturated carbocycles. The molecule has 2 fully saturated rings. The fourth-order valence-corrected chi connectivity index (χ4v) is 5.37. The van der Waals surface area contributed by atoms with E-state index >= 15 is 0 Å². The minimum absolute atomic E-state index is 0.333. The molecular formula is C17H24Br2N2. The number of benzene rings is 1. The summed E-state index contributed by atoms with van der Waals surface area (Å²) >= 11 is 7.53. The van der Waals surface area contributed by atoms with Gasteiger partial charge < -0.3 is 10.2 Å². The minimum atomic E-state index is 0.333. The summed E-state index contributed by atoms with van der Waals surface area (Å²) in [4.78, 5) is 2.64. The van der Waals surface area contributed by atoms with Crippen LogP contribution in [-0.4, -0.2) is 24.7 Å². The average Bonchev–Trinajstić information content (AvgIpc) is 2.86. The third-order valence-electron chi connectivity index (χ3n) is 5.11. The maximum atomic E-state index is 3.89. The van der Waals surface area contributed by atoms with Gasteiger partial charge in [0.15, 0.2) is 0 Å². The Morgan fingerprint density at radius 2 is 1.81 bits per heavy atom. The van der Waals surface area contributed by atoms with E-state index in [2.05, 4.69) is 74.1 Å². The highest BCUT2D eigenvalue weighted by Gasteiger charge is 2.42. The maximum absolute atomic E-state index is 3.89. The molecule has 1 aromatic rings. The van der Waals surface area contributed by atoms with Crippen molar-refractivity contribution >= 4 is 37.5 Å². The molecule has 0 bridgehead atoms. The first kappa shape index (κ1) is 15.8. The molecule has 1 unspecified atom stereocenters. The monoisotopic (exact) mass is 414 g/mol. The Morgan fingerprint density at radius 1 is 1.19 bits per heavy atom. The number of para-hydroxylation sites is 1. The van der Waals surface area contributed by atoms with Crippen LogP contribution >= 0.6 is 31.9 Å². The quantitative estimate of drug-likeness (QED) is 0.734. The molecule has 1 aromatic carbocycles. The number of halogens is 2. The third kappa shape index (κ3) is 3.04. The summed E-state index contributed by atoms with van der Waals surface area (Å²) in [6.45, 7) is 6.87. The van der Waals surface area contributed by atoms with E-state index in [-0.39, 0.29) is 0 Å². The van der Waals surface area contributed by atoms with Gasteiger partial charge >= 0.3 is 0 Å². The number of hydrogen-bond acceptors (Lipinski definition) is 2. The Labute approximate surface area is 144 Å². The molecule has 2 aliphatic rings. The van der Waals surface area contributed by atoms with Crippen molar-refractivity contribution in [1.29, 1.82) is 0 Å². The first-order chi connectivity index (χ1) is 10.0. The van der Waals surface area contributed by atoms with E-state index < -0.39 is 0 Å². The van der Waals surface area contributed by atoms with Crippen molar-refractivity contribution in [2.45, 2.75) is 51.1 Å². The average molecular weight is 416 g/mol. The van der Waals surface area contributed by atoms with Gasteiger partial charge in [0.05, 0.1) is 5.69 Å². The molecule has 1 atom stereocenters.